The summed E-state index contributed by atoms with van der Waals surface area (Å²) in [5, 5.41) is 2.95. The van der Waals surface area contributed by atoms with Gasteiger partial charge >= 0.3 is 0 Å². The topological polar surface area (TPSA) is 75.9 Å². The summed E-state index contributed by atoms with van der Waals surface area (Å²) in [6, 6.07) is 5.47. The molecule has 0 saturated carbocycles. The molecule has 1 atom stereocenters. The quantitative estimate of drug-likeness (QED) is 0.777. The number of carbonyl (C=O) groups is 2. The second kappa shape index (κ2) is 9.50. The number of carbonyl (C=O) groups excluding carboxylic acids is 2. The Morgan fingerprint density at radius 3 is 3.00 bits per heavy atom. The van der Waals surface area contributed by atoms with Crippen LogP contribution in [0.2, 0.25) is 0 Å². The molecular weight excluding hydrogens is 356 g/mol. The molecule has 3 heterocycles. The second-order valence-corrected chi connectivity index (χ2v) is 7.19. The fourth-order valence-electron chi connectivity index (χ4n) is 3.29. The smallest absolute Gasteiger partial charge is 0.274 e. The Hall–Kier alpha value is -2.67. The number of imidazole rings is 1. The van der Waals surface area contributed by atoms with Gasteiger partial charge in [-0.05, 0) is 37.8 Å². The Bertz CT molecular complexity index is 850. The van der Waals surface area contributed by atoms with E-state index in [2.05, 4.69) is 23.3 Å². The molecule has 1 N–H and O–H groups in total. The zero-order chi connectivity index (χ0) is 19.9. The van der Waals surface area contributed by atoms with Crippen molar-refractivity contribution in [3.05, 3.63) is 42.2 Å². The van der Waals surface area contributed by atoms with Crippen molar-refractivity contribution in [2.75, 3.05) is 31.6 Å². The van der Waals surface area contributed by atoms with Crippen LogP contribution < -0.4 is 5.32 Å². The Labute approximate surface area is 165 Å². The molecular formula is C21H28N4O3. The SMILES string of the molecule is C/C=C\CC(C)CC(=O)Nc1cccc2nc(C(=O)N3CCCOCC3)cn12. The number of rotatable bonds is 6. The molecule has 0 bridgehead atoms. The molecule has 0 spiro atoms. The maximum Gasteiger partial charge on any atom is 0.274 e. The first-order valence-corrected chi connectivity index (χ1v) is 9.84. The number of hydrogen-bond acceptors (Lipinski definition) is 4. The number of aromatic nitrogens is 2. The van der Waals surface area contributed by atoms with Crippen LogP contribution in [0.15, 0.2) is 36.5 Å². The van der Waals surface area contributed by atoms with E-state index in [9.17, 15) is 9.59 Å². The molecule has 2 amide bonds. The minimum absolute atomic E-state index is 0.0456. The summed E-state index contributed by atoms with van der Waals surface area (Å²) in [6.45, 7) is 6.49. The van der Waals surface area contributed by atoms with Crippen LogP contribution in [0.5, 0.6) is 0 Å². The molecule has 1 unspecified atom stereocenters. The largest absolute Gasteiger partial charge is 0.380 e. The number of nitrogens with one attached hydrogen (secondary N) is 1. The van der Waals surface area contributed by atoms with Gasteiger partial charge < -0.3 is 15.0 Å². The average molecular weight is 384 g/mol. The van der Waals surface area contributed by atoms with Crippen LogP contribution in [0.3, 0.4) is 0 Å². The predicted octanol–water partition coefficient (Wildman–Crippen LogP) is 3.13. The third kappa shape index (κ3) is 4.98. The predicted molar refractivity (Wildman–Crippen MR) is 108 cm³/mol. The molecule has 2 aromatic rings. The number of fused-ring (bicyclic) bond motifs is 1. The molecule has 1 fully saturated rings. The third-order valence-electron chi connectivity index (χ3n) is 4.80. The normalized spacial score (nSPS) is 16.3. The highest BCUT2D eigenvalue weighted by Gasteiger charge is 2.21. The summed E-state index contributed by atoms with van der Waals surface area (Å²) in [5.41, 5.74) is 1.01. The van der Waals surface area contributed by atoms with Crippen molar-refractivity contribution in [2.24, 2.45) is 5.92 Å². The summed E-state index contributed by atoms with van der Waals surface area (Å²) in [5.74, 6) is 0.731. The van der Waals surface area contributed by atoms with Gasteiger partial charge in [-0.25, -0.2) is 4.98 Å². The van der Waals surface area contributed by atoms with Crippen molar-refractivity contribution in [1.82, 2.24) is 14.3 Å². The molecule has 7 nitrogen and oxygen atoms in total. The van der Waals surface area contributed by atoms with Crippen molar-refractivity contribution in [2.45, 2.75) is 33.1 Å². The van der Waals surface area contributed by atoms with Crippen LogP contribution >= 0.6 is 0 Å². The molecule has 0 radical (unpaired) electrons. The fourth-order valence-corrected chi connectivity index (χ4v) is 3.29. The number of amides is 2. The van der Waals surface area contributed by atoms with Gasteiger partial charge in [0.05, 0.1) is 6.61 Å². The Morgan fingerprint density at radius 2 is 2.18 bits per heavy atom. The van der Waals surface area contributed by atoms with Crippen LogP contribution in [0.4, 0.5) is 5.82 Å². The first-order valence-electron chi connectivity index (χ1n) is 9.84. The lowest BCUT2D eigenvalue weighted by molar-refractivity contribution is -0.117. The molecule has 3 rings (SSSR count). The summed E-state index contributed by atoms with van der Waals surface area (Å²) >= 11 is 0. The van der Waals surface area contributed by atoms with Crippen LogP contribution in [-0.2, 0) is 9.53 Å². The van der Waals surface area contributed by atoms with E-state index >= 15 is 0 Å². The van der Waals surface area contributed by atoms with Gasteiger partial charge in [0.2, 0.25) is 5.91 Å². The lowest BCUT2D eigenvalue weighted by atomic mass is 10.0. The van der Waals surface area contributed by atoms with Crippen molar-refractivity contribution in [3.8, 4) is 0 Å². The van der Waals surface area contributed by atoms with Gasteiger partial charge in [0.1, 0.15) is 17.2 Å². The first kappa shape index (κ1) is 20.1. The molecule has 2 aromatic heterocycles. The van der Waals surface area contributed by atoms with E-state index < -0.39 is 0 Å². The van der Waals surface area contributed by atoms with Gasteiger partial charge in [0, 0.05) is 32.3 Å². The van der Waals surface area contributed by atoms with E-state index in [1.807, 2.05) is 31.2 Å². The zero-order valence-corrected chi connectivity index (χ0v) is 16.6. The van der Waals surface area contributed by atoms with Gasteiger partial charge in [-0.3, -0.25) is 14.0 Å². The summed E-state index contributed by atoms with van der Waals surface area (Å²) in [6.07, 6.45) is 7.90. The lowest BCUT2D eigenvalue weighted by Gasteiger charge is -2.17. The standard InChI is InChI=1S/C21H28N4O3/c1-3-4-7-16(2)14-20(26)23-19-9-5-8-18-22-17(15-25(18)19)21(27)24-10-6-12-28-13-11-24/h3-5,8-9,15-16H,6-7,10-14H2,1-2H3,(H,23,26)/b4-3-. The van der Waals surface area contributed by atoms with Crippen LogP contribution in [0, 0.1) is 5.92 Å². The fraction of sp³-hybridized carbons (Fsp3) is 0.476. The summed E-state index contributed by atoms with van der Waals surface area (Å²) in [4.78, 5) is 31.4. The Morgan fingerprint density at radius 1 is 1.32 bits per heavy atom. The molecule has 1 aliphatic rings. The number of pyridine rings is 1. The maximum atomic E-state index is 12.8. The summed E-state index contributed by atoms with van der Waals surface area (Å²) in [7, 11) is 0. The monoisotopic (exact) mass is 384 g/mol. The maximum absolute atomic E-state index is 12.8. The lowest BCUT2D eigenvalue weighted by Crippen LogP contribution is -2.33. The average Bonchev–Trinajstić information content (AvgIpc) is 2.93. The van der Waals surface area contributed by atoms with E-state index in [-0.39, 0.29) is 17.7 Å². The number of nitrogens with zero attached hydrogens (tertiary/aromatic N) is 3. The van der Waals surface area contributed by atoms with Gasteiger partial charge in [0.25, 0.3) is 5.91 Å². The van der Waals surface area contributed by atoms with Gasteiger partial charge in [0.15, 0.2) is 0 Å². The highest BCUT2D eigenvalue weighted by atomic mass is 16.5. The molecule has 28 heavy (non-hydrogen) atoms. The molecule has 0 aromatic carbocycles. The van der Waals surface area contributed by atoms with Gasteiger partial charge in [-0.1, -0.05) is 25.1 Å². The second-order valence-electron chi connectivity index (χ2n) is 7.19. The summed E-state index contributed by atoms with van der Waals surface area (Å²) < 4.78 is 7.18. The number of ether oxygens (including phenoxy) is 1. The van der Waals surface area contributed by atoms with E-state index in [0.29, 0.717) is 49.9 Å². The first-order chi connectivity index (χ1) is 13.6. The van der Waals surface area contributed by atoms with E-state index in [4.69, 9.17) is 4.74 Å². The minimum Gasteiger partial charge on any atom is -0.380 e. The number of hydrogen-bond donors (Lipinski definition) is 1. The zero-order valence-electron chi connectivity index (χ0n) is 16.6. The molecule has 0 aliphatic carbocycles. The molecule has 1 saturated heterocycles. The molecule has 150 valence electrons. The highest BCUT2D eigenvalue weighted by Crippen LogP contribution is 2.17. The Balaban J connectivity index is 1.74. The van der Waals surface area contributed by atoms with Crippen molar-refractivity contribution >= 4 is 23.3 Å². The number of anilines is 1. The van der Waals surface area contributed by atoms with E-state index in [1.165, 1.54) is 0 Å². The van der Waals surface area contributed by atoms with E-state index in [0.717, 1.165) is 12.8 Å². The van der Waals surface area contributed by atoms with Crippen molar-refractivity contribution in [1.29, 1.82) is 0 Å². The minimum atomic E-state index is -0.105. The molecule has 7 heteroatoms. The third-order valence-corrected chi connectivity index (χ3v) is 4.80. The van der Waals surface area contributed by atoms with Crippen LogP contribution in [0.25, 0.3) is 5.65 Å². The Kier molecular flexibility index (Phi) is 6.81. The van der Waals surface area contributed by atoms with E-state index in [1.54, 1.807) is 15.5 Å². The van der Waals surface area contributed by atoms with Gasteiger partial charge in [-0.15, -0.1) is 0 Å². The van der Waals surface area contributed by atoms with Crippen LogP contribution in [-0.4, -0.2) is 52.4 Å². The molecule has 1 aliphatic heterocycles. The van der Waals surface area contributed by atoms with Crippen LogP contribution in [0.1, 0.15) is 43.6 Å². The number of allylic oxidation sites excluding steroid dienone is 2. The van der Waals surface area contributed by atoms with Crippen molar-refractivity contribution < 1.29 is 14.3 Å². The highest BCUT2D eigenvalue weighted by molar-refractivity contribution is 5.94. The van der Waals surface area contributed by atoms with Crippen molar-refractivity contribution in [3.63, 3.8) is 0 Å². The van der Waals surface area contributed by atoms with Gasteiger partial charge in [-0.2, -0.15) is 0 Å².